The average molecular weight is 262 g/mol. The molecule has 0 fully saturated rings. The van der Waals surface area contributed by atoms with Crippen LogP contribution in [0.25, 0.3) is 0 Å². The third-order valence-corrected chi connectivity index (χ3v) is 2.85. The molecule has 0 N–H and O–H groups in total. The van der Waals surface area contributed by atoms with Gasteiger partial charge in [-0.1, -0.05) is 72.7 Å². The van der Waals surface area contributed by atoms with E-state index in [0.29, 0.717) is 11.8 Å². The van der Waals surface area contributed by atoms with E-state index in [4.69, 9.17) is 0 Å². The summed E-state index contributed by atoms with van der Waals surface area (Å²) in [6.07, 6.45) is 2.90. The van der Waals surface area contributed by atoms with Gasteiger partial charge in [-0.15, -0.1) is 6.58 Å². The summed E-state index contributed by atoms with van der Waals surface area (Å²) in [4.78, 5) is 0. The highest BCUT2D eigenvalue weighted by atomic mass is 14.2. The van der Waals surface area contributed by atoms with Crippen molar-refractivity contribution in [3.63, 3.8) is 0 Å². The van der Waals surface area contributed by atoms with Gasteiger partial charge in [-0.2, -0.15) is 0 Å². The van der Waals surface area contributed by atoms with Crippen LogP contribution in [0.1, 0.15) is 83.9 Å². The van der Waals surface area contributed by atoms with E-state index in [0.717, 1.165) is 6.42 Å². The van der Waals surface area contributed by atoms with Crippen molar-refractivity contribution in [2.24, 2.45) is 0 Å². The highest BCUT2D eigenvalue weighted by molar-refractivity contribution is 5.38. The van der Waals surface area contributed by atoms with E-state index in [1.165, 1.54) is 11.1 Å². The van der Waals surface area contributed by atoms with Crippen molar-refractivity contribution in [2.45, 2.75) is 73.6 Å². The highest BCUT2D eigenvalue weighted by Crippen LogP contribution is 2.27. The lowest BCUT2D eigenvalue weighted by Crippen LogP contribution is -2.01. The molecule has 0 aliphatic rings. The molecule has 110 valence electrons. The molecule has 0 heterocycles. The molecule has 0 aliphatic carbocycles. The van der Waals surface area contributed by atoms with Crippen molar-refractivity contribution in [2.75, 3.05) is 0 Å². The van der Waals surface area contributed by atoms with E-state index in [2.05, 4.69) is 59.4 Å². The minimum atomic E-state index is 0.642. The minimum Gasteiger partial charge on any atom is -0.103 e. The topological polar surface area (TPSA) is 0 Å². The zero-order valence-electron chi connectivity index (χ0n) is 14.4. The lowest BCUT2D eigenvalue weighted by Gasteiger charge is -2.18. The molecule has 19 heavy (non-hydrogen) atoms. The summed E-state index contributed by atoms with van der Waals surface area (Å²) >= 11 is 0. The van der Waals surface area contributed by atoms with Crippen molar-refractivity contribution in [3.8, 4) is 0 Å². The number of allylic oxidation sites excluding steroid dienone is 1. The largest absolute Gasteiger partial charge is 0.103 e. The van der Waals surface area contributed by atoms with Gasteiger partial charge < -0.3 is 0 Å². The van der Waals surface area contributed by atoms with Crippen molar-refractivity contribution >= 4 is 0 Å². The average Bonchev–Trinajstić information content (AvgIpc) is 2.40. The fraction of sp³-hybridized carbons (Fsp3) is 0.579. The van der Waals surface area contributed by atoms with E-state index >= 15 is 0 Å². The molecule has 0 nitrogen and oxygen atoms in total. The van der Waals surface area contributed by atoms with Gasteiger partial charge in [0.05, 0.1) is 0 Å². The second-order valence-electron chi connectivity index (χ2n) is 4.99. The van der Waals surface area contributed by atoms with Crippen LogP contribution >= 0.6 is 0 Å². The Balaban J connectivity index is 0. The monoisotopic (exact) mass is 262 g/mol. The maximum absolute atomic E-state index is 3.36. The quantitative estimate of drug-likeness (QED) is 0.531. The summed E-state index contributed by atoms with van der Waals surface area (Å²) in [5.41, 5.74) is 4.62. The Kier molecular flexibility index (Phi) is 12.8. The minimum absolute atomic E-state index is 0.642. The summed E-state index contributed by atoms with van der Waals surface area (Å²) in [5.74, 6) is 1.28. The first-order valence-corrected chi connectivity index (χ1v) is 7.68. The van der Waals surface area contributed by atoms with Crippen LogP contribution in [0.5, 0.6) is 0 Å². The summed E-state index contributed by atoms with van der Waals surface area (Å²) in [6, 6.07) is 6.74. The van der Waals surface area contributed by atoms with Crippen molar-refractivity contribution in [1.29, 1.82) is 0 Å². The highest BCUT2D eigenvalue weighted by Gasteiger charge is 2.11. The molecule has 1 aromatic carbocycles. The van der Waals surface area contributed by atoms with E-state index in [-0.39, 0.29) is 0 Å². The number of rotatable bonds is 3. The van der Waals surface area contributed by atoms with Crippen molar-refractivity contribution in [1.82, 2.24) is 0 Å². The zero-order valence-corrected chi connectivity index (χ0v) is 14.4. The summed E-state index contributed by atoms with van der Waals surface area (Å²) < 4.78 is 0. The van der Waals surface area contributed by atoms with Gasteiger partial charge in [-0.05, 0) is 41.9 Å². The van der Waals surface area contributed by atoms with Crippen LogP contribution in [-0.4, -0.2) is 0 Å². The molecule has 0 radical (unpaired) electrons. The molecule has 0 atom stereocenters. The smallest absolute Gasteiger partial charge is 0.0216 e. The van der Waals surface area contributed by atoms with Crippen LogP contribution in [-0.2, 0) is 6.42 Å². The third kappa shape index (κ3) is 7.20. The predicted molar refractivity (Wildman–Crippen MR) is 91.2 cm³/mol. The van der Waals surface area contributed by atoms with Gasteiger partial charge in [0.1, 0.15) is 0 Å². The lowest BCUT2D eigenvalue weighted by molar-refractivity contribution is 0.800. The molecule has 0 heteroatoms. The van der Waals surface area contributed by atoms with Crippen molar-refractivity contribution < 1.29 is 0 Å². The first kappa shape index (κ1) is 20.3. The Labute approximate surface area is 121 Å². The predicted octanol–water partition coefficient (Wildman–Crippen LogP) is 6.71. The Morgan fingerprint density at radius 1 is 1.00 bits per heavy atom. The van der Waals surface area contributed by atoms with Crippen LogP contribution in [0.15, 0.2) is 30.9 Å². The molecule has 0 aliphatic heterocycles. The summed E-state index contributed by atoms with van der Waals surface area (Å²) in [5, 5.41) is 0. The lowest BCUT2D eigenvalue weighted by atomic mass is 9.87. The molecule has 0 amide bonds. The Morgan fingerprint density at radius 2 is 1.32 bits per heavy atom. The standard InChI is InChI=1S/C14H22.C3H6.C2H6/c1-6-12-13(10(2)3)8-7-9-14(12)11(4)5;1-3-2;1-2/h7-11H,6H2,1-5H3;3H,1H2,2H3;1-2H3. The van der Waals surface area contributed by atoms with Gasteiger partial charge in [0.2, 0.25) is 0 Å². The first-order chi connectivity index (χ1) is 8.99. The van der Waals surface area contributed by atoms with Crippen LogP contribution in [0, 0.1) is 0 Å². The van der Waals surface area contributed by atoms with Crippen LogP contribution in [0.3, 0.4) is 0 Å². The van der Waals surface area contributed by atoms with Gasteiger partial charge >= 0.3 is 0 Å². The maximum atomic E-state index is 3.36. The first-order valence-electron chi connectivity index (χ1n) is 7.68. The SMILES string of the molecule is C=CC.CC.CCc1c(C(C)C)cccc1C(C)C. The maximum Gasteiger partial charge on any atom is -0.0216 e. The molecular formula is C19H34. The second-order valence-corrected chi connectivity index (χ2v) is 4.99. The number of hydrogen-bond donors (Lipinski definition) is 0. The van der Waals surface area contributed by atoms with Gasteiger partial charge in [0.25, 0.3) is 0 Å². The Hall–Kier alpha value is -1.04. The van der Waals surface area contributed by atoms with Crippen molar-refractivity contribution in [3.05, 3.63) is 47.5 Å². The van der Waals surface area contributed by atoms with Gasteiger partial charge in [0.15, 0.2) is 0 Å². The molecule has 0 saturated heterocycles. The van der Waals surface area contributed by atoms with Crippen LogP contribution in [0.4, 0.5) is 0 Å². The van der Waals surface area contributed by atoms with E-state index in [1.807, 2.05) is 20.8 Å². The van der Waals surface area contributed by atoms with Crippen LogP contribution in [0.2, 0.25) is 0 Å². The van der Waals surface area contributed by atoms with E-state index < -0.39 is 0 Å². The van der Waals surface area contributed by atoms with E-state index in [9.17, 15) is 0 Å². The molecule has 0 spiro atoms. The molecule has 0 saturated carbocycles. The second kappa shape index (κ2) is 12.0. The van der Waals surface area contributed by atoms with Gasteiger partial charge in [-0.3, -0.25) is 0 Å². The van der Waals surface area contributed by atoms with Crippen LogP contribution < -0.4 is 0 Å². The zero-order chi connectivity index (χ0) is 15.4. The van der Waals surface area contributed by atoms with E-state index in [1.54, 1.807) is 11.6 Å². The molecule has 1 aromatic rings. The molecule has 0 unspecified atom stereocenters. The summed E-state index contributed by atoms with van der Waals surface area (Å²) in [6.45, 7) is 20.6. The third-order valence-electron chi connectivity index (χ3n) is 2.85. The number of benzene rings is 1. The van der Waals surface area contributed by atoms with Gasteiger partial charge in [0, 0.05) is 0 Å². The van der Waals surface area contributed by atoms with Gasteiger partial charge in [-0.25, -0.2) is 0 Å². The molecular weight excluding hydrogens is 228 g/mol. The fourth-order valence-electron chi connectivity index (χ4n) is 2.11. The normalized spacial score (nSPS) is 9.37. The molecule has 0 aromatic heterocycles. The Bertz CT molecular complexity index is 306. The number of hydrogen-bond acceptors (Lipinski definition) is 0. The fourth-order valence-corrected chi connectivity index (χ4v) is 2.11. The molecule has 1 rings (SSSR count). The summed E-state index contributed by atoms with van der Waals surface area (Å²) in [7, 11) is 0. The molecule has 0 bridgehead atoms. The Morgan fingerprint density at radius 3 is 1.53 bits per heavy atom.